The molecule has 0 unspecified atom stereocenters. The molecule has 1 N–H and O–H groups in total. The SMILES string of the molecule is Cc1cc(C(=O)N(CCCC(=O)O)C(C)C)c(C)o1. The Morgan fingerprint density at radius 3 is 2.42 bits per heavy atom. The molecule has 0 aliphatic rings. The van der Waals surface area contributed by atoms with E-state index in [0.717, 1.165) is 0 Å². The maximum absolute atomic E-state index is 12.4. The third-order valence-corrected chi connectivity index (χ3v) is 2.95. The van der Waals surface area contributed by atoms with Crippen molar-refractivity contribution in [3.63, 3.8) is 0 Å². The zero-order valence-electron chi connectivity index (χ0n) is 11.9. The van der Waals surface area contributed by atoms with E-state index in [-0.39, 0.29) is 18.4 Å². The summed E-state index contributed by atoms with van der Waals surface area (Å²) < 4.78 is 5.37. The van der Waals surface area contributed by atoms with Crippen molar-refractivity contribution in [1.29, 1.82) is 0 Å². The smallest absolute Gasteiger partial charge is 0.303 e. The second-order valence-electron chi connectivity index (χ2n) is 4.92. The molecule has 19 heavy (non-hydrogen) atoms. The van der Waals surface area contributed by atoms with Crippen LogP contribution in [0.5, 0.6) is 0 Å². The number of hydrogen-bond donors (Lipinski definition) is 1. The van der Waals surface area contributed by atoms with Crippen LogP contribution in [0.25, 0.3) is 0 Å². The molecular weight excluding hydrogens is 246 g/mol. The molecule has 0 aliphatic heterocycles. The summed E-state index contributed by atoms with van der Waals surface area (Å²) in [6, 6.07) is 1.75. The van der Waals surface area contributed by atoms with Crippen LogP contribution in [-0.2, 0) is 4.79 Å². The fraction of sp³-hybridized carbons (Fsp3) is 0.571. The number of aliphatic carboxylic acids is 1. The lowest BCUT2D eigenvalue weighted by Crippen LogP contribution is -2.38. The summed E-state index contributed by atoms with van der Waals surface area (Å²) >= 11 is 0. The van der Waals surface area contributed by atoms with Crippen molar-refractivity contribution in [2.24, 2.45) is 0 Å². The monoisotopic (exact) mass is 267 g/mol. The van der Waals surface area contributed by atoms with Gasteiger partial charge in [0.1, 0.15) is 11.5 Å². The quantitative estimate of drug-likeness (QED) is 0.860. The van der Waals surface area contributed by atoms with E-state index in [4.69, 9.17) is 9.52 Å². The summed E-state index contributed by atoms with van der Waals surface area (Å²) in [5.41, 5.74) is 0.557. The van der Waals surface area contributed by atoms with E-state index >= 15 is 0 Å². The third-order valence-electron chi connectivity index (χ3n) is 2.95. The molecule has 0 saturated carbocycles. The summed E-state index contributed by atoms with van der Waals surface area (Å²) in [7, 11) is 0. The highest BCUT2D eigenvalue weighted by Gasteiger charge is 2.22. The molecule has 5 heteroatoms. The number of nitrogens with zero attached hydrogens (tertiary/aromatic N) is 1. The standard InChI is InChI=1S/C14H21NO4/c1-9(2)15(7-5-6-13(16)17)14(18)12-8-10(3)19-11(12)4/h8-9H,5-7H2,1-4H3,(H,16,17). The Balaban J connectivity index is 2.78. The summed E-state index contributed by atoms with van der Waals surface area (Å²) in [5.74, 6) is 0.364. The van der Waals surface area contributed by atoms with E-state index in [2.05, 4.69) is 0 Å². The molecule has 1 rings (SSSR count). The first kappa shape index (κ1) is 15.3. The predicted molar refractivity (Wildman–Crippen MR) is 71.2 cm³/mol. The van der Waals surface area contributed by atoms with Crippen LogP contribution in [0, 0.1) is 13.8 Å². The van der Waals surface area contributed by atoms with Gasteiger partial charge in [0.25, 0.3) is 5.91 Å². The van der Waals surface area contributed by atoms with Crippen LogP contribution in [0.15, 0.2) is 10.5 Å². The summed E-state index contributed by atoms with van der Waals surface area (Å²) in [4.78, 5) is 24.6. The first-order chi connectivity index (χ1) is 8.82. The number of carboxylic acid groups (broad SMARTS) is 1. The highest BCUT2D eigenvalue weighted by Crippen LogP contribution is 2.17. The van der Waals surface area contributed by atoms with Gasteiger partial charge in [-0.3, -0.25) is 9.59 Å². The minimum absolute atomic E-state index is 0.0240. The van der Waals surface area contributed by atoms with Gasteiger partial charge in [0.15, 0.2) is 0 Å². The first-order valence-corrected chi connectivity index (χ1v) is 6.42. The van der Waals surface area contributed by atoms with Gasteiger partial charge in [0, 0.05) is 19.0 Å². The molecule has 0 aliphatic carbocycles. The number of carbonyl (C=O) groups is 2. The molecule has 1 aromatic rings. The molecule has 0 saturated heterocycles. The minimum Gasteiger partial charge on any atom is -0.481 e. The molecule has 1 amide bonds. The van der Waals surface area contributed by atoms with E-state index in [1.54, 1.807) is 24.8 Å². The normalized spacial score (nSPS) is 10.8. The maximum atomic E-state index is 12.4. The Morgan fingerprint density at radius 1 is 1.37 bits per heavy atom. The first-order valence-electron chi connectivity index (χ1n) is 6.42. The van der Waals surface area contributed by atoms with Crippen LogP contribution >= 0.6 is 0 Å². The molecular formula is C14H21NO4. The largest absolute Gasteiger partial charge is 0.481 e. The number of aryl methyl sites for hydroxylation is 2. The fourth-order valence-corrected chi connectivity index (χ4v) is 1.99. The number of rotatable bonds is 6. The predicted octanol–water partition coefficient (Wildman–Crippen LogP) is 2.61. The van der Waals surface area contributed by atoms with Gasteiger partial charge in [0.05, 0.1) is 5.56 Å². The summed E-state index contributed by atoms with van der Waals surface area (Å²) in [5, 5.41) is 8.65. The fourth-order valence-electron chi connectivity index (χ4n) is 1.99. The molecule has 106 valence electrons. The van der Waals surface area contributed by atoms with Crippen LogP contribution in [0.4, 0.5) is 0 Å². The van der Waals surface area contributed by atoms with Crippen LogP contribution in [0.1, 0.15) is 48.6 Å². The van der Waals surface area contributed by atoms with Crippen molar-refractivity contribution in [2.75, 3.05) is 6.54 Å². The molecule has 5 nitrogen and oxygen atoms in total. The second-order valence-corrected chi connectivity index (χ2v) is 4.92. The molecule has 0 bridgehead atoms. The van der Waals surface area contributed by atoms with Crippen LogP contribution < -0.4 is 0 Å². The van der Waals surface area contributed by atoms with Crippen molar-refractivity contribution >= 4 is 11.9 Å². The number of carbonyl (C=O) groups excluding carboxylic acids is 1. The van der Waals surface area contributed by atoms with E-state index in [1.165, 1.54) is 0 Å². The molecule has 1 heterocycles. The van der Waals surface area contributed by atoms with Crippen molar-refractivity contribution < 1.29 is 19.1 Å². The molecule has 0 aromatic carbocycles. The highest BCUT2D eigenvalue weighted by molar-refractivity contribution is 5.95. The number of hydrogen-bond acceptors (Lipinski definition) is 3. The Morgan fingerprint density at radius 2 is 2.00 bits per heavy atom. The number of carboxylic acids is 1. The second kappa shape index (κ2) is 6.41. The van der Waals surface area contributed by atoms with Crippen molar-refractivity contribution in [3.05, 3.63) is 23.2 Å². The van der Waals surface area contributed by atoms with Crippen molar-refractivity contribution in [1.82, 2.24) is 4.90 Å². The van der Waals surface area contributed by atoms with Gasteiger partial charge in [-0.25, -0.2) is 0 Å². The average Bonchev–Trinajstić information content (AvgIpc) is 2.62. The zero-order chi connectivity index (χ0) is 14.6. The molecule has 1 aromatic heterocycles. The van der Waals surface area contributed by atoms with Crippen LogP contribution in [-0.4, -0.2) is 34.5 Å². The Hall–Kier alpha value is -1.78. The Bertz CT molecular complexity index is 462. The van der Waals surface area contributed by atoms with Gasteiger partial charge in [0.2, 0.25) is 0 Å². The number of furan rings is 1. The zero-order valence-corrected chi connectivity index (χ0v) is 11.9. The van der Waals surface area contributed by atoms with Gasteiger partial charge < -0.3 is 14.4 Å². The average molecular weight is 267 g/mol. The molecule has 0 fully saturated rings. The number of amides is 1. The highest BCUT2D eigenvalue weighted by atomic mass is 16.4. The molecule has 0 atom stereocenters. The van der Waals surface area contributed by atoms with Crippen molar-refractivity contribution in [3.8, 4) is 0 Å². The maximum Gasteiger partial charge on any atom is 0.303 e. The van der Waals surface area contributed by atoms with Gasteiger partial charge in [-0.15, -0.1) is 0 Å². The summed E-state index contributed by atoms with van der Waals surface area (Å²) in [6.07, 6.45) is 0.523. The van der Waals surface area contributed by atoms with Gasteiger partial charge in [-0.05, 0) is 40.2 Å². The molecule has 0 spiro atoms. The van der Waals surface area contributed by atoms with E-state index in [9.17, 15) is 9.59 Å². The van der Waals surface area contributed by atoms with Crippen LogP contribution in [0.3, 0.4) is 0 Å². The lowest BCUT2D eigenvalue weighted by atomic mass is 10.1. The van der Waals surface area contributed by atoms with Crippen molar-refractivity contribution in [2.45, 2.75) is 46.6 Å². The van der Waals surface area contributed by atoms with Crippen LogP contribution in [0.2, 0.25) is 0 Å². The third kappa shape index (κ3) is 4.12. The minimum atomic E-state index is -0.841. The topological polar surface area (TPSA) is 70.8 Å². The Kier molecular flexibility index (Phi) is 5.15. The lowest BCUT2D eigenvalue weighted by molar-refractivity contribution is -0.137. The Labute approximate surface area is 113 Å². The van der Waals surface area contributed by atoms with Gasteiger partial charge >= 0.3 is 5.97 Å². The van der Waals surface area contributed by atoms with Gasteiger partial charge in [-0.1, -0.05) is 0 Å². The summed E-state index contributed by atoms with van der Waals surface area (Å²) in [6.45, 7) is 7.83. The van der Waals surface area contributed by atoms with E-state index in [1.807, 2.05) is 13.8 Å². The van der Waals surface area contributed by atoms with Gasteiger partial charge in [-0.2, -0.15) is 0 Å². The lowest BCUT2D eigenvalue weighted by Gasteiger charge is -2.26. The molecule has 0 radical (unpaired) electrons. The van der Waals surface area contributed by atoms with E-state index in [0.29, 0.717) is 30.0 Å². The van der Waals surface area contributed by atoms with E-state index < -0.39 is 5.97 Å².